The zero-order valence-corrected chi connectivity index (χ0v) is 9.98. The maximum atomic E-state index is 10.0. The summed E-state index contributed by atoms with van der Waals surface area (Å²) in [6.07, 6.45) is 2.01. The highest BCUT2D eigenvalue weighted by atomic mass is 16.3. The number of rotatable bonds is 3. The number of hydrogen-bond donors (Lipinski definition) is 2. The molecule has 0 fully saturated rings. The molecule has 0 atom stereocenters. The van der Waals surface area contributed by atoms with Crippen LogP contribution in [0.3, 0.4) is 0 Å². The minimum atomic E-state index is 0.321. The van der Waals surface area contributed by atoms with E-state index in [1.807, 2.05) is 30.3 Å². The van der Waals surface area contributed by atoms with Gasteiger partial charge in [0, 0.05) is 11.3 Å². The van der Waals surface area contributed by atoms with Crippen molar-refractivity contribution < 1.29 is 5.11 Å². The molecule has 0 heterocycles. The first-order valence-corrected chi connectivity index (χ1v) is 5.89. The standard InChI is InChI=1S/C15H17NO/c1-2-5-11-6-4-9-14(17)15(11)12-7-3-8-13(16)10-12/h3-4,6-10,17H,2,5,16H2,1H3. The smallest absolute Gasteiger partial charge is 0.123 e. The van der Waals surface area contributed by atoms with Gasteiger partial charge in [0.15, 0.2) is 0 Å². The number of nitrogen functional groups attached to an aromatic ring is 1. The lowest BCUT2D eigenvalue weighted by atomic mass is 9.95. The zero-order valence-electron chi connectivity index (χ0n) is 9.98. The topological polar surface area (TPSA) is 46.2 Å². The van der Waals surface area contributed by atoms with Crippen LogP contribution in [0.5, 0.6) is 5.75 Å². The van der Waals surface area contributed by atoms with Crippen molar-refractivity contribution in [1.82, 2.24) is 0 Å². The van der Waals surface area contributed by atoms with Gasteiger partial charge >= 0.3 is 0 Å². The van der Waals surface area contributed by atoms with Crippen molar-refractivity contribution in [3.63, 3.8) is 0 Å². The Morgan fingerprint density at radius 2 is 1.88 bits per heavy atom. The van der Waals surface area contributed by atoms with E-state index in [-0.39, 0.29) is 0 Å². The summed E-state index contributed by atoms with van der Waals surface area (Å²) >= 11 is 0. The van der Waals surface area contributed by atoms with Crippen molar-refractivity contribution in [2.45, 2.75) is 19.8 Å². The summed E-state index contributed by atoms with van der Waals surface area (Å²) in [5, 5.41) is 10.0. The van der Waals surface area contributed by atoms with E-state index >= 15 is 0 Å². The van der Waals surface area contributed by atoms with E-state index in [1.165, 1.54) is 0 Å². The van der Waals surface area contributed by atoms with Gasteiger partial charge in [0.2, 0.25) is 0 Å². The molecule has 0 aromatic heterocycles. The van der Waals surface area contributed by atoms with Crippen LogP contribution < -0.4 is 5.73 Å². The molecule has 3 N–H and O–H groups in total. The first-order chi connectivity index (χ1) is 8.22. The molecule has 0 unspecified atom stereocenters. The highest BCUT2D eigenvalue weighted by Gasteiger charge is 2.09. The highest BCUT2D eigenvalue weighted by molar-refractivity contribution is 5.75. The van der Waals surface area contributed by atoms with Gasteiger partial charge in [-0.25, -0.2) is 0 Å². The number of phenolic OH excluding ortho intramolecular Hbond substituents is 1. The Bertz CT molecular complexity index is 520. The van der Waals surface area contributed by atoms with Gasteiger partial charge < -0.3 is 10.8 Å². The van der Waals surface area contributed by atoms with Crippen LogP contribution in [0.1, 0.15) is 18.9 Å². The van der Waals surface area contributed by atoms with Gasteiger partial charge in [0.25, 0.3) is 0 Å². The van der Waals surface area contributed by atoms with Crippen LogP contribution in [0.25, 0.3) is 11.1 Å². The second kappa shape index (κ2) is 4.91. The molecule has 88 valence electrons. The normalized spacial score (nSPS) is 10.4. The molecule has 0 aliphatic heterocycles. The Balaban J connectivity index is 2.57. The molecule has 2 heteroatoms. The first-order valence-electron chi connectivity index (χ1n) is 5.89. The summed E-state index contributed by atoms with van der Waals surface area (Å²) in [7, 11) is 0. The molecule has 0 spiro atoms. The Labute approximate surface area is 102 Å². The predicted octanol–water partition coefficient (Wildman–Crippen LogP) is 3.59. The minimum Gasteiger partial charge on any atom is -0.507 e. The molecular formula is C15H17NO. The number of anilines is 1. The quantitative estimate of drug-likeness (QED) is 0.787. The minimum absolute atomic E-state index is 0.321. The van der Waals surface area contributed by atoms with E-state index in [2.05, 4.69) is 13.0 Å². The number of phenols is 1. The van der Waals surface area contributed by atoms with Gasteiger partial charge in [0.05, 0.1) is 0 Å². The lowest BCUT2D eigenvalue weighted by molar-refractivity contribution is 0.476. The lowest BCUT2D eigenvalue weighted by Gasteiger charge is -2.11. The second-order valence-electron chi connectivity index (χ2n) is 4.19. The zero-order chi connectivity index (χ0) is 12.3. The van der Waals surface area contributed by atoms with Gasteiger partial charge in [-0.1, -0.05) is 37.6 Å². The summed E-state index contributed by atoms with van der Waals surface area (Å²) in [5.41, 5.74) is 9.55. The number of aryl methyl sites for hydroxylation is 1. The van der Waals surface area contributed by atoms with Crippen molar-refractivity contribution in [1.29, 1.82) is 0 Å². The maximum Gasteiger partial charge on any atom is 0.123 e. The summed E-state index contributed by atoms with van der Waals surface area (Å²) in [5.74, 6) is 0.321. The second-order valence-corrected chi connectivity index (χ2v) is 4.19. The van der Waals surface area contributed by atoms with Crippen LogP contribution >= 0.6 is 0 Å². The molecule has 0 saturated carbocycles. The number of nitrogens with two attached hydrogens (primary N) is 1. The van der Waals surface area contributed by atoms with Gasteiger partial charge in [-0.3, -0.25) is 0 Å². The van der Waals surface area contributed by atoms with Crippen molar-refractivity contribution in [2.24, 2.45) is 0 Å². The summed E-state index contributed by atoms with van der Waals surface area (Å²) in [6.45, 7) is 2.13. The average Bonchev–Trinajstić information content (AvgIpc) is 2.29. The van der Waals surface area contributed by atoms with Gasteiger partial charge in [-0.2, -0.15) is 0 Å². The number of hydrogen-bond acceptors (Lipinski definition) is 2. The molecule has 2 aromatic carbocycles. The van der Waals surface area contributed by atoms with Crippen LogP contribution in [-0.4, -0.2) is 5.11 Å². The Morgan fingerprint density at radius 3 is 2.59 bits per heavy atom. The Kier molecular flexibility index (Phi) is 3.33. The van der Waals surface area contributed by atoms with Crippen molar-refractivity contribution in [2.75, 3.05) is 5.73 Å². The van der Waals surface area contributed by atoms with Crippen LogP contribution in [0.2, 0.25) is 0 Å². The van der Waals surface area contributed by atoms with E-state index in [1.54, 1.807) is 6.07 Å². The molecule has 0 aliphatic carbocycles. The molecule has 2 aromatic rings. The van der Waals surface area contributed by atoms with Crippen molar-refractivity contribution in [3.8, 4) is 16.9 Å². The summed E-state index contributed by atoms with van der Waals surface area (Å²) in [4.78, 5) is 0. The lowest BCUT2D eigenvalue weighted by Crippen LogP contribution is -1.91. The largest absolute Gasteiger partial charge is 0.507 e. The van der Waals surface area contributed by atoms with E-state index in [0.29, 0.717) is 11.4 Å². The first kappa shape index (κ1) is 11.5. The Morgan fingerprint density at radius 1 is 1.12 bits per heavy atom. The van der Waals surface area contributed by atoms with Crippen molar-refractivity contribution >= 4 is 5.69 Å². The molecule has 0 amide bonds. The van der Waals surface area contributed by atoms with Crippen LogP contribution in [-0.2, 0) is 6.42 Å². The molecule has 0 saturated heterocycles. The van der Waals surface area contributed by atoms with Crippen LogP contribution in [0.4, 0.5) is 5.69 Å². The summed E-state index contributed by atoms with van der Waals surface area (Å²) < 4.78 is 0. The monoisotopic (exact) mass is 227 g/mol. The third-order valence-corrected chi connectivity index (χ3v) is 2.82. The maximum absolute atomic E-state index is 10.0. The highest BCUT2D eigenvalue weighted by Crippen LogP contribution is 2.34. The average molecular weight is 227 g/mol. The molecule has 0 radical (unpaired) electrons. The van der Waals surface area contributed by atoms with Gasteiger partial charge in [-0.15, -0.1) is 0 Å². The fourth-order valence-electron chi connectivity index (χ4n) is 2.09. The van der Waals surface area contributed by atoms with Gasteiger partial charge in [-0.05, 0) is 35.7 Å². The number of benzene rings is 2. The van der Waals surface area contributed by atoms with Gasteiger partial charge in [0.1, 0.15) is 5.75 Å². The third-order valence-electron chi connectivity index (χ3n) is 2.82. The molecule has 17 heavy (non-hydrogen) atoms. The predicted molar refractivity (Wildman–Crippen MR) is 72.0 cm³/mol. The fraction of sp³-hybridized carbons (Fsp3) is 0.200. The molecule has 0 bridgehead atoms. The van der Waals surface area contributed by atoms with E-state index in [0.717, 1.165) is 29.5 Å². The number of aromatic hydroxyl groups is 1. The van der Waals surface area contributed by atoms with Crippen LogP contribution in [0.15, 0.2) is 42.5 Å². The Hall–Kier alpha value is -1.96. The van der Waals surface area contributed by atoms with Crippen molar-refractivity contribution in [3.05, 3.63) is 48.0 Å². The molecule has 2 rings (SSSR count). The molecule has 0 aliphatic rings. The van der Waals surface area contributed by atoms with E-state index in [9.17, 15) is 5.11 Å². The molecular weight excluding hydrogens is 210 g/mol. The van der Waals surface area contributed by atoms with Crippen LogP contribution in [0, 0.1) is 0 Å². The SMILES string of the molecule is CCCc1cccc(O)c1-c1cccc(N)c1. The molecule has 2 nitrogen and oxygen atoms in total. The van der Waals surface area contributed by atoms with E-state index in [4.69, 9.17) is 5.73 Å². The summed E-state index contributed by atoms with van der Waals surface area (Å²) in [6, 6.07) is 13.3. The third kappa shape index (κ3) is 2.41. The van der Waals surface area contributed by atoms with E-state index < -0.39 is 0 Å². The fourth-order valence-corrected chi connectivity index (χ4v) is 2.09.